The summed E-state index contributed by atoms with van der Waals surface area (Å²) >= 11 is 1.54. The maximum Gasteiger partial charge on any atom is 0.261 e. The van der Waals surface area contributed by atoms with Crippen LogP contribution in [0.1, 0.15) is 40.2 Å². The minimum absolute atomic E-state index is 0.00443. The van der Waals surface area contributed by atoms with Gasteiger partial charge in [-0.3, -0.25) is 4.79 Å². The highest BCUT2D eigenvalue weighted by Crippen LogP contribution is 2.33. The number of ether oxygens (including phenoxy) is 1. The van der Waals surface area contributed by atoms with Crippen LogP contribution >= 0.6 is 11.3 Å². The number of carbonyl (C=O) groups is 1. The summed E-state index contributed by atoms with van der Waals surface area (Å²) < 4.78 is 5.20. The molecule has 0 unspecified atom stereocenters. The van der Waals surface area contributed by atoms with Crippen LogP contribution in [0, 0.1) is 6.92 Å². The molecule has 0 saturated heterocycles. The second-order valence-electron chi connectivity index (χ2n) is 6.45. The molecule has 5 heteroatoms. The van der Waals surface area contributed by atoms with Crippen molar-refractivity contribution in [2.24, 2.45) is 5.73 Å². The Hall–Kier alpha value is -1.85. The van der Waals surface area contributed by atoms with Gasteiger partial charge in [-0.25, -0.2) is 0 Å². The number of benzene rings is 1. The highest BCUT2D eigenvalue weighted by Gasteiger charge is 2.34. The van der Waals surface area contributed by atoms with Crippen LogP contribution < -0.4 is 15.8 Å². The minimum atomic E-state index is -0.213. The van der Waals surface area contributed by atoms with Crippen molar-refractivity contribution in [2.75, 3.05) is 13.7 Å². The number of rotatable bonds is 5. The molecule has 3 N–H and O–H groups in total. The molecular weight excluding hydrogens is 320 g/mol. The molecule has 0 radical (unpaired) electrons. The van der Waals surface area contributed by atoms with Gasteiger partial charge in [0.2, 0.25) is 0 Å². The number of carbonyl (C=O) groups excluding carboxylic acids is 1. The highest BCUT2D eigenvalue weighted by molar-refractivity contribution is 7.14. The van der Waals surface area contributed by atoms with Crippen molar-refractivity contribution in [1.29, 1.82) is 0 Å². The Morgan fingerprint density at radius 1 is 1.29 bits per heavy atom. The van der Waals surface area contributed by atoms with Crippen molar-refractivity contribution >= 4 is 17.2 Å². The van der Waals surface area contributed by atoms with E-state index in [9.17, 15) is 4.79 Å². The summed E-state index contributed by atoms with van der Waals surface area (Å²) in [6.07, 6.45) is 4.23. The van der Waals surface area contributed by atoms with Gasteiger partial charge in [-0.05, 0) is 49.1 Å². The fraction of sp³-hybridized carbons (Fsp3) is 0.421. The van der Waals surface area contributed by atoms with Gasteiger partial charge in [0.25, 0.3) is 5.91 Å². The van der Waals surface area contributed by atoms with E-state index in [-0.39, 0.29) is 11.4 Å². The molecule has 0 bridgehead atoms. The standard InChI is InChI=1S/C19H24N2O2S/c1-13-16(14-5-7-15(23-2)8-6-14)11-17(24-13)18(22)21-19(12-20)9-3-4-10-19/h5-8,11H,3-4,9-10,12,20H2,1-2H3,(H,21,22). The Morgan fingerprint density at radius 2 is 1.96 bits per heavy atom. The molecule has 1 aliphatic rings. The lowest BCUT2D eigenvalue weighted by atomic mass is 9.97. The Morgan fingerprint density at radius 3 is 2.54 bits per heavy atom. The highest BCUT2D eigenvalue weighted by atomic mass is 32.1. The normalized spacial score (nSPS) is 16.1. The summed E-state index contributed by atoms with van der Waals surface area (Å²) in [7, 11) is 1.66. The van der Waals surface area contributed by atoms with Crippen LogP contribution in [0.5, 0.6) is 5.75 Å². The van der Waals surface area contributed by atoms with Gasteiger partial charge in [-0.2, -0.15) is 0 Å². The number of hydrogen-bond donors (Lipinski definition) is 2. The fourth-order valence-corrected chi connectivity index (χ4v) is 4.32. The molecule has 24 heavy (non-hydrogen) atoms. The lowest BCUT2D eigenvalue weighted by molar-refractivity contribution is 0.0907. The summed E-state index contributed by atoms with van der Waals surface area (Å²) in [6, 6.07) is 9.90. The van der Waals surface area contributed by atoms with Gasteiger partial charge < -0.3 is 15.8 Å². The molecule has 128 valence electrons. The predicted molar refractivity (Wildman–Crippen MR) is 98.8 cm³/mol. The van der Waals surface area contributed by atoms with Crippen LogP contribution in [0.15, 0.2) is 30.3 Å². The third-order valence-corrected chi connectivity index (χ3v) is 5.92. The maximum absolute atomic E-state index is 12.7. The molecular formula is C19H24N2O2S. The smallest absolute Gasteiger partial charge is 0.261 e. The summed E-state index contributed by atoms with van der Waals surface area (Å²) in [5.41, 5.74) is 7.91. The molecule has 0 atom stereocenters. The molecule has 1 aromatic heterocycles. The molecule has 1 aromatic carbocycles. The van der Waals surface area contributed by atoms with E-state index in [0.717, 1.165) is 52.3 Å². The first-order chi connectivity index (χ1) is 11.6. The zero-order valence-electron chi connectivity index (χ0n) is 14.2. The number of aryl methyl sites for hydroxylation is 1. The average Bonchev–Trinajstić information content (AvgIpc) is 3.22. The Bertz CT molecular complexity index is 715. The van der Waals surface area contributed by atoms with Crippen LogP contribution in [0.4, 0.5) is 0 Å². The van der Waals surface area contributed by atoms with Crippen LogP contribution in [0.2, 0.25) is 0 Å². The molecule has 1 saturated carbocycles. The maximum atomic E-state index is 12.7. The number of amides is 1. The van der Waals surface area contributed by atoms with Gasteiger partial charge in [0.1, 0.15) is 5.75 Å². The van der Waals surface area contributed by atoms with Crippen molar-refractivity contribution in [3.63, 3.8) is 0 Å². The predicted octanol–water partition coefficient (Wildman–Crippen LogP) is 3.73. The first kappa shape index (κ1) is 17.0. The van der Waals surface area contributed by atoms with Crippen LogP contribution in [0.3, 0.4) is 0 Å². The van der Waals surface area contributed by atoms with Crippen LogP contribution in [0.25, 0.3) is 11.1 Å². The number of nitrogens with two attached hydrogens (primary N) is 1. The zero-order valence-corrected chi connectivity index (χ0v) is 15.0. The molecule has 2 aromatic rings. The van der Waals surface area contributed by atoms with Crippen molar-refractivity contribution in [2.45, 2.75) is 38.1 Å². The van der Waals surface area contributed by atoms with Gasteiger partial charge >= 0.3 is 0 Å². The number of nitrogens with one attached hydrogen (secondary N) is 1. The Labute approximate surface area is 147 Å². The van der Waals surface area contributed by atoms with E-state index in [2.05, 4.69) is 12.2 Å². The monoisotopic (exact) mass is 344 g/mol. The molecule has 1 aliphatic carbocycles. The lowest BCUT2D eigenvalue weighted by Crippen LogP contribution is -2.51. The van der Waals surface area contributed by atoms with Gasteiger partial charge in [0.15, 0.2) is 0 Å². The lowest BCUT2D eigenvalue weighted by Gasteiger charge is -2.28. The molecule has 1 fully saturated rings. The van der Waals surface area contributed by atoms with Crippen molar-refractivity contribution in [1.82, 2.24) is 5.32 Å². The number of hydrogen-bond acceptors (Lipinski definition) is 4. The average molecular weight is 344 g/mol. The second-order valence-corrected chi connectivity index (χ2v) is 7.71. The summed E-state index contributed by atoms with van der Waals surface area (Å²) in [4.78, 5) is 14.6. The molecule has 1 heterocycles. The van der Waals surface area contributed by atoms with E-state index >= 15 is 0 Å². The van der Waals surface area contributed by atoms with Crippen molar-refractivity contribution in [3.8, 4) is 16.9 Å². The summed E-state index contributed by atoms with van der Waals surface area (Å²) in [6.45, 7) is 2.56. The Kier molecular flexibility index (Phi) is 4.92. The SMILES string of the molecule is COc1ccc(-c2cc(C(=O)NC3(CN)CCCC3)sc2C)cc1. The second kappa shape index (κ2) is 6.95. The fourth-order valence-electron chi connectivity index (χ4n) is 3.39. The molecule has 1 amide bonds. The van der Waals surface area contributed by atoms with E-state index in [1.807, 2.05) is 30.3 Å². The van der Waals surface area contributed by atoms with E-state index in [4.69, 9.17) is 10.5 Å². The third-order valence-electron chi connectivity index (χ3n) is 4.87. The largest absolute Gasteiger partial charge is 0.497 e. The third kappa shape index (κ3) is 3.32. The molecule has 0 spiro atoms. The van der Waals surface area contributed by atoms with Crippen LogP contribution in [-0.2, 0) is 0 Å². The van der Waals surface area contributed by atoms with E-state index in [0.29, 0.717) is 6.54 Å². The summed E-state index contributed by atoms with van der Waals surface area (Å²) in [5.74, 6) is 0.825. The Balaban J connectivity index is 1.81. The number of thiophene rings is 1. The van der Waals surface area contributed by atoms with Gasteiger partial charge in [0.05, 0.1) is 17.5 Å². The van der Waals surface area contributed by atoms with E-state index < -0.39 is 0 Å². The van der Waals surface area contributed by atoms with Crippen LogP contribution in [-0.4, -0.2) is 25.1 Å². The first-order valence-corrected chi connectivity index (χ1v) is 9.16. The van der Waals surface area contributed by atoms with Crippen molar-refractivity contribution < 1.29 is 9.53 Å². The van der Waals surface area contributed by atoms with Gasteiger partial charge in [-0.1, -0.05) is 25.0 Å². The molecule has 0 aliphatic heterocycles. The van der Waals surface area contributed by atoms with E-state index in [1.54, 1.807) is 7.11 Å². The van der Waals surface area contributed by atoms with Crippen molar-refractivity contribution in [3.05, 3.63) is 40.1 Å². The summed E-state index contributed by atoms with van der Waals surface area (Å²) in [5, 5.41) is 3.20. The molecule has 3 rings (SSSR count). The van der Waals surface area contributed by atoms with E-state index in [1.165, 1.54) is 11.3 Å². The zero-order chi connectivity index (χ0) is 17.2. The van der Waals surface area contributed by atoms with Gasteiger partial charge in [0, 0.05) is 11.4 Å². The number of methoxy groups -OCH3 is 1. The minimum Gasteiger partial charge on any atom is -0.497 e. The first-order valence-electron chi connectivity index (χ1n) is 8.34. The topological polar surface area (TPSA) is 64.3 Å². The van der Waals surface area contributed by atoms with Gasteiger partial charge in [-0.15, -0.1) is 11.3 Å². The quantitative estimate of drug-likeness (QED) is 0.868. The molecule has 4 nitrogen and oxygen atoms in total.